The predicted octanol–water partition coefficient (Wildman–Crippen LogP) is 2.91. The highest BCUT2D eigenvalue weighted by molar-refractivity contribution is 5.24. The standard InChI is InChI=1S/C13H20N2/c1-9-6-7-12-14-13-10(2)4-3-5-11(13)15(12)8-9/h9-10H,3-8H2,1-2H3. The molecule has 2 unspecified atom stereocenters. The molecule has 0 aromatic carbocycles. The van der Waals surface area contributed by atoms with E-state index in [0.717, 1.165) is 5.92 Å². The van der Waals surface area contributed by atoms with Crippen LogP contribution in [0.25, 0.3) is 0 Å². The average Bonchev–Trinajstić information content (AvgIpc) is 2.58. The Bertz CT molecular complexity index is 378. The molecule has 2 nitrogen and oxygen atoms in total. The van der Waals surface area contributed by atoms with Gasteiger partial charge in [-0.15, -0.1) is 0 Å². The molecular formula is C13H20N2. The molecule has 0 fully saturated rings. The molecule has 82 valence electrons. The van der Waals surface area contributed by atoms with E-state index >= 15 is 0 Å². The third-order valence-corrected chi connectivity index (χ3v) is 4.06. The fourth-order valence-corrected chi connectivity index (χ4v) is 3.11. The van der Waals surface area contributed by atoms with E-state index in [4.69, 9.17) is 4.98 Å². The average molecular weight is 204 g/mol. The Morgan fingerprint density at radius 1 is 1.20 bits per heavy atom. The molecule has 2 heteroatoms. The van der Waals surface area contributed by atoms with Crippen LogP contribution >= 0.6 is 0 Å². The van der Waals surface area contributed by atoms with Crippen LogP contribution < -0.4 is 0 Å². The van der Waals surface area contributed by atoms with Crippen molar-refractivity contribution in [1.82, 2.24) is 9.55 Å². The van der Waals surface area contributed by atoms with Gasteiger partial charge in [-0.3, -0.25) is 0 Å². The number of fused-ring (bicyclic) bond motifs is 3. The highest BCUT2D eigenvalue weighted by atomic mass is 15.1. The summed E-state index contributed by atoms with van der Waals surface area (Å²) in [5.74, 6) is 2.90. The van der Waals surface area contributed by atoms with E-state index in [2.05, 4.69) is 18.4 Å². The highest BCUT2D eigenvalue weighted by Gasteiger charge is 2.27. The topological polar surface area (TPSA) is 17.8 Å². The van der Waals surface area contributed by atoms with Crippen molar-refractivity contribution in [2.75, 3.05) is 0 Å². The van der Waals surface area contributed by atoms with Gasteiger partial charge in [-0.05, 0) is 31.6 Å². The third kappa shape index (κ3) is 1.42. The molecule has 1 aromatic heterocycles. The normalized spacial score (nSPS) is 29.7. The van der Waals surface area contributed by atoms with E-state index in [1.165, 1.54) is 50.2 Å². The molecule has 2 heterocycles. The van der Waals surface area contributed by atoms with Crippen LogP contribution in [-0.2, 0) is 19.4 Å². The maximum Gasteiger partial charge on any atom is 0.109 e. The molecular weight excluding hydrogens is 184 g/mol. The second-order valence-corrected chi connectivity index (χ2v) is 5.41. The van der Waals surface area contributed by atoms with Gasteiger partial charge in [-0.2, -0.15) is 0 Å². The first-order valence-electron chi connectivity index (χ1n) is 6.34. The highest BCUT2D eigenvalue weighted by Crippen LogP contribution is 2.33. The van der Waals surface area contributed by atoms with Gasteiger partial charge < -0.3 is 4.57 Å². The predicted molar refractivity (Wildman–Crippen MR) is 61.1 cm³/mol. The van der Waals surface area contributed by atoms with Crippen LogP contribution in [0.2, 0.25) is 0 Å². The summed E-state index contributed by atoms with van der Waals surface area (Å²) in [6.07, 6.45) is 6.47. The van der Waals surface area contributed by atoms with E-state index in [0.29, 0.717) is 5.92 Å². The summed E-state index contributed by atoms with van der Waals surface area (Å²) >= 11 is 0. The van der Waals surface area contributed by atoms with Crippen LogP contribution in [0.5, 0.6) is 0 Å². The lowest BCUT2D eigenvalue weighted by Crippen LogP contribution is -2.20. The van der Waals surface area contributed by atoms with E-state index < -0.39 is 0 Å². The molecule has 0 spiro atoms. The second kappa shape index (κ2) is 3.36. The Morgan fingerprint density at radius 2 is 2.07 bits per heavy atom. The number of hydrogen-bond acceptors (Lipinski definition) is 1. The first-order valence-corrected chi connectivity index (χ1v) is 6.34. The number of nitrogens with zero attached hydrogens (tertiary/aromatic N) is 2. The van der Waals surface area contributed by atoms with E-state index in [1.807, 2.05) is 0 Å². The summed E-state index contributed by atoms with van der Waals surface area (Å²) in [5.41, 5.74) is 2.99. The Morgan fingerprint density at radius 3 is 2.93 bits per heavy atom. The molecule has 3 rings (SSSR count). The minimum Gasteiger partial charge on any atom is -0.331 e. The zero-order chi connectivity index (χ0) is 10.4. The van der Waals surface area contributed by atoms with E-state index in [1.54, 1.807) is 5.69 Å². The maximum absolute atomic E-state index is 4.87. The summed E-state index contributed by atoms with van der Waals surface area (Å²) < 4.78 is 2.53. The molecule has 0 radical (unpaired) electrons. The van der Waals surface area contributed by atoms with Gasteiger partial charge in [0.2, 0.25) is 0 Å². The van der Waals surface area contributed by atoms with Gasteiger partial charge in [0, 0.05) is 24.6 Å². The van der Waals surface area contributed by atoms with Crippen LogP contribution in [0, 0.1) is 5.92 Å². The smallest absolute Gasteiger partial charge is 0.109 e. The zero-order valence-electron chi connectivity index (χ0n) is 9.79. The lowest BCUT2D eigenvalue weighted by molar-refractivity contribution is 0.384. The monoisotopic (exact) mass is 204 g/mol. The molecule has 2 atom stereocenters. The maximum atomic E-state index is 4.87. The van der Waals surface area contributed by atoms with Gasteiger partial charge in [-0.1, -0.05) is 13.8 Å². The molecule has 2 aliphatic rings. The first-order chi connectivity index (χ1) is 7.25. The summed E-state index contributed by atoms with van der Waals surface area (Å²) in [6.45, 7) is 5.91. The van der Waals surface area contributed by atoms with E-state index in [-0.39, 0.29) is 0 Å². The van der Waals surface area contributed by atoms with Crippen molar-refractivity contribution in [3.8, 4) is 0 Å². The van der Waals surface area contributed by atoms with Gasteiger partial charge in [0.25, 0.3) is 0 Å². The SMILES string of the molecule is CC1CCc2nc3c(n2C1)CCCC3C. The van der Waals surface area contributed by atoms with Gasteiger partial charge in [0.15, 0.2) is 0 Å². The summed E-state index contributed by atoms with van der Waals surface area (Å²) in [7, 11) is 0. The third-order valence-electron chi connectivity index (χ3n) is 4.06. The van der Waals surface area contributed by atoms with Crippen molar-refractivity contribution in [2.45, 2.75) is 58.4 Å². The van der Waals surface area contributed by atoms with Crippen molar-refractivity contribution in [1.29, 1.82) is 0 Å². The zero-order valence-corrected chi connectivity index (χ0v) is 9.79. The molecule has 1 aromatic rings. The Hall–Kier alpha value is -0.790. The number of imidazole rings is 1. The molecule has 0 saturated carbocycles. The van der Waals surface area contributed by atoms with Crippen molar-refractivity contribution in [3.63, 3.8) is 0 Å². The number of aryl methyl sites for hydroxylation is 1. The van der Waals surface area contributed by atoms with Crippen LogP contribution in [-0.4, -0.2) is 9.55 Å². The van der Waals surface area contributed by atoms with Crippen LogP contribution in [0.4, 0.5) is 0 Å². The molecule has 1 aliphatic carbocycles. The molecule has 0 saturated heterocycles. The van der Waals surface area contributed by atoms with Crippen molar-refractivity contribution >= 4 is 0 Å². The van der Waals surface area contributed by atoms with Crippen molar-refractivity contribution in [2.24, 2.45) is 5.92 Å². The summed E-state index contributed by atoms with van der Waals surface area (Å²) in [5, 5.41) is 0. The van der Waals surface area contributed by atoms with Crippen LogP contribution in [0.3, 0.4) is 0 Å². The number of aromatic nitrogens is 2. The number of rotatable bonds is 0. The summed E-state index contributed by atoms with van der Waals surface area (Å²) in [4.78, 5) is 4.87. The first kappa shape index (κ1) is 9.44. The largest absolute Gasteiger partial charge is 0.331 e. The minimum atomic E-state index is 0.696. The van der Waals surface area contributed by atoms with Crippen LogP contribution in [0.15, 0.2) is 0 Å². The fourth-order valence-electron chi connectivity index (χ4n) is 3.11. The van der Waals surface area contributed by atoms with Gasteiger partial charge >= 0.3 is 0 Å². The molecule has 1 aliphatic heterocycles. The van der Waals surface area contributed by atoms with Crippen molar-refractivity contribution < 1.29 is 0 Å². The lowest BCUT2D eigenvalue weighted by atomic mass is 9.91. The number of hydrogen-bond donors (Lipinski definition) is 0. The Balaban J connectivity index is 2.07. The molecule has 0 N–H and O–H groups in total. The lowest BCUT2D eigenvalue weighted by Gasteiger charge is -2.24. The second-order valence-electron chi connectivity index (χ2n) is 5.41. The van der Waals surface area contributed by atoms with Crippen LogP contribution in [0.1, 0.15) is 56.2 Å². The molecule has 0 amide bonds. The Kier molecular flexibility index (Phi) is 2.11. The minimum absolute atomic E-state index is 0.696. The summed E-state index contributed by atoms with van der Waals surface area (Å²) in [6, 6.07) is 0. The van der Waals surface area contributed by atoms with Gasteiger partial charge in [-0.25, -0.2) is 4.98 Å². The Labute approximate surface area is 91.7 Å². The fraction of sp³-hybridized carbons (Fsp3) is 0.769. The quantitative estimate of drug-likeness (QED) is 0.635. The van der Waals surface area contributed by atoms with E-state index in [9.17, 15) is 0 Å². The van der Waals surface area contributed by atoms with Gasteiger partial charge in [0.1, 0.15) is 5.82 Å². The molecule has 15 heavy (non-hydrogen) atoms. The molecule has 0 bridgehead atoms. The van der Waals surface area contributed by atoms with Gasteiger partial charge in [0.05, 0.1) is 5.69 Å². The van der Waals surface area contributed by atoms with Crippen molar-refractivity contribution in [3.05, 3.63) is 17.2 Å².